The second kappa shape index (κ2) is 3.50. The number of hydrogen-bond donors (Lipinski definition) is 0. The van der Waals surface area contributed by atoms with Crippen molar-refractivity contribution in [2.75, 3.05) is 0 Å². The van der Waals surface area contributed by atoms with Crippen LogP contribution in [0.4, 0.5) is 4.39 Å². The van der Waals surface area contributed by atoms with Gasteiger partial charge in [0.2, 0.25) is 0 Å². The lowest BCUT2D eigenvalue weighted by Gasteiger charge is -2.01. The minimum absolute atomic E-state index is 0.268. The summed E-state index contributed by atoms with van der Waals surface area (Å²) in [7, 11) is 0. The Bertz CT molecular complexity index is 443. The predicted octanol–water partition coefficient (Wildman–Crippen LogP) is 3.48. The molecule has 0 spiro atoms. The molecule has 0 radical (unpaired) electrons. The van der Waals surface area contributed by atoms with E-state index in [1.807, 2.05) is 0 Å². The number of halogens is 1. The lowest BCUT2D eigenvalue weighted by atomic mass is 10.1. The third-order valence-corrected chi connectivity index (χ3v) is 1.99. The second-order valence-electron chi connectivity index (χ2n) is 2.97. The van der Waals surface area contributed by atoms with Gasteiger partial charge < -0.3 is 4.42 Å². The highest BCUT2D eigenvalue weighted by Crippen LogP contribution is 2.21. The van der Waals surface area contributed by atoms with Crippen molar-refractivity contribution in [3.63, 3.8) is 0 Å². The molecule has 0 aliphatic carbocycles. The van der Waals surface area contributed by atoms with E-state index in [9.17, 15) is 4.39 Å². The highest BCUT2D eigenvalue weighted by Gasteiger charge is 2.04. The molecule has 0 saturated heterocycles. The summed E-state index contributed by atoms with van der Waals surface area (Å²) in [5.41, 5.74) is 1.43. The predicted molar refractivity (Wildman–Crippen MR) is 53.2 cm³/mol. The first kappa shape index (κ1) is 8.75. The van der Waals surface area contributed by atoms with Crippen molar-refractivity contribution in [1.82, 2.24) is 0 Å². The monoisotopic (exact) mass is 188 g/mol. The van der Waals surface area contributed by atoms with Crippen LogP contribution in [-0.4, -0.2) is 0 Å². The van der Waals surface area contributed by atoms with Crippen molar-refractivity contribution >= 4 is 5.57 Å². The summed E-state index contributed by atoms with van der Waals surface area (Å²) in [6.45, 7) is 3.85. The van der Waals surface area contributed by atoms with Crippen LogP contribution in [0.1, 0.15) is 11.3 Å². The Morgan fingerprint density at radius 1 is 1.21 bits per heavy atom. The van der Waals surface area contributed by atoms with Gasteiger partial charge in [-0.25, -0.2) is 4.39 Å². The quantitative estimate of drug-likeness (QED) is 0.703. The van der Waals surface area contributed by atoms with E-state index in [4.69, 9.17) is 4.42 Å². The van der Waals surface area contributed by atoms with Gasteiger partial charge >= 0.3 is 0 Å². The summed E-state index contributed by atoms with van der Waals surface area (Å²) in [6, 6.07) is 9.86. The maximum absolute atomic E-state index is 12.9. The average Bonchev–Trinajstić information content (AvgIpc) is 2.69. The minimum atomic E-state index is -0.268. The van der Waals surface area contributed by atoms with Crippen LogP contribution < -0.4 is 0 Å². The molecule has 0 bridgehead atoms. The molecule has 2 rings (SSSR count). The molecule has 0 N–H and O–H groups in total. The van der Waals surface area contributed by atoms with E-state index < -0.39 is 0 Å². The summed E-state index contributed by atoms with van der Waals surface area (Å²) in [5, 5.41) is 0. The van der Waals surface area contributed by atoms with Crippen molar-refractivity contribution in [1.29, 1.82) is 0 Å². The first-order chi connectivity index (χ1) is 6.77. The smallest absolute Gasteiger partial charge is 0.133 e. The zero-order valence-corrected chi connectivity index (χ0v) is 7.53. The fraction of sp³-hybridized carbons (Fsp3) is 0. The third kappa shape index (κ3) is 1.59. The lowest BCUT2D eigenvalue weighted by molar-refractivity contribution is 0.554. The highest BCUT2D eigenvalue weighted by atomic mass is 19.1. The Labute approximate surface area is 81.5 Å². The minimum Gasteiger partial charge on any atom is -0.464 e. The van der Waals surface area contributed by atoms with E-state index in [2.05, 4.69) is 6.58 Å². The summed E-state index contributed by atoms with van der Waals surface area (Å²) < 4.78 is 18.1. The number of benzene rings is 1. The molecule has 0 amide bonds. The number of rotatable bonds is 2. The summed E-state index contributed by atoms with van der Waals surface area (Å²) in [6.07, 6.45) is 1.57. The maximum Gasteiger partial charge on any atom is 0.133 e. The normalized spacial score (nSPS) is 10.1. The zero-order chi connectivity index (χ0) is 9.97. The van der Waals surface area contributed by atoms with Crippen LogP contribution in [0.5, 0.6) is 0 Å². The van der Waals surface area contributed by atoms with Crippen LogP contribution in [-0.2, 0) is 0 Å². The van der Waals surface area contributed by atoms with E-state index in [1.54, 1.807) is 30.5 Å². The van der Waals surface area contributed by atoms with Crippen molar-refractivity contribution in [3.05, 3.63) is 66.4 Å². The Kier molecular flexibility index (Phi) is 2.19. The molecule has 0 saturated carbocycles. The van der Waals surface area contributed by atoms with Crippen molar-refractivity contribution in [2.45, 2.75) is 0 Å². The maximum atomic E-state index is 12.9. The lowest BCUT2D eigenvalue weighted by Crippen LogP contribution is -1.84. The molecule has 2 heteroatoms. The van der Waals surface area contributed by atoms with Crippen LogP contribution in [0.15, 0.2) is 53.7 Å². The molecular formula is C12H9FO. The van der Waals surface area contributed by atoms with Gasteiger partial charge in [-0.2, -0.15) is 0 Å². The van der Waals surface area contributed by atoms with Crippen LogP contribution in [0.25, 0.3) is 5.57 Å². The zero-order valence-electron chi connectivity index (χ0n) is 7.53. The number of hydrogen-bond acceptors (Lipinski definition) is 1. The summed E-state index contributed by atoms with van der Waals surface area (Å²) >= 11 is 0. The highest BCUT2D eigenvalue weighted by molar-refractivity contribution is 5.75. The van der Waals surface area contributed by atoms with Gasteiger partial charge in [-0.1, -0.05) is 18.7 Å². The molecule has 2 aromatic rings. The second-order valence-corrected chi connectivity index (χ2v) is 2.97. The van der Waals surface area contributed by atoms with Gasteiger partial charge in [-0.15, -0.1) is 0 Å². The van der Waals surface area contributed by atoms with Crippen molar-refractivity contribution in [2.24, 2.45) is 0 Å². The topological polar surface area (TPSA) is 13.1 Å². The molecule has 0 unspecified atom stereocenters. The van der Waals surface area contributed by atoms with E-state index in [-0.39, 0.29) is 5.82 Å². The van der Waals surface area contributed by atoms with E-state index in [1.165, 1.54) is 12.1 Å². The molecule has 1 heterocycles. The van der Waals surface area contributed by atoms with Crippen LogP contribution >= 0.6 is 0 Å². The average molecular weight is 188 g/mol. The molecule has 0 atom stereocenters. The number of furan rings is 1. The van der Waals surface area contributed by atoms with Crippen LogP contribution in [0.2, 0.25) is 0 Å². The van der Waals surface area contributed by atoms with Crippen LogP contribution in [0, 0.1) is 5.82 Å². The molecule has 1 nitrogen and oxygen atoms in total. The van der Waals surface area contributed by atoms with Gasteiger partial charge in [-0.3, -0.25) is 0 Å². The Balaban J connectivity index is 2.37. The van der Waals surface area contributed by atoms with Crippen molar-refractivity contribution < 1.29 is 8.81 Å². The van der Waals surface area contributed by atoms with E-state index in [0.29, 0.717) is 11.3 Å². The van der Waals surface area contributed by atoms with Crippen molar-refractivity contribution in [3.8, 4) is 0 Å². The fourth-order valence-corrected chi connectivity index (χ4v) is 1.27. The molecule has 0 aliphatic heterocycles. The van der Waals surface area contributed by atoms with E-state index in [0.717, 1.165) is 5.56 Å². The Hall–Kier alpha value is -1.83. The molecule has 0 fully saturated rings. The first-order valence-electron chi connectivity index (χ1n) is 4.26. The molecule has 14 heavy (non-hydrogen) atoms. The molecule has 0 aliphatic rings. The molecule has 1 aromatic carbocycles. The first-order valence-corrected chi connectivity index (χ1v) is 4.26. The standard InChI is InChI=1S/C12H9FO/c1-9(12-6-3-7-14-12)10-4-2-5-11(13)8-10/h2-8H,1H2. The van der Waals surface area contributed by atoms with Crippen LogP contribution in [0.3, 0.4) is 0 Å². The molecular weight excluding hydrogens is 179 g/mol. The summed E-state index contributed by atoms with van der Waals surface area (Å²) in [5.74, 6) is 0.394. The van der Waals surface area contributed by atoms with E-state index >= 15 is 0 Å². The van der Waals surface area contributed by atoms with Gasteiger partial charge in [0.05, 0.1) is 6.26 Å². The SMILES string of the molecule is C=C(c1cccc(F)c1)c1ccco1. The molecule has 1 aromatic heterocycles. The van der Waals surface area contributed by atoms with Gasteiger partial charge in [0, 0.05) is 5.57 Å². The van der Waals surface area contributed by atoms with Gasteiger partial charge in [0.15, 0.2) is 0 Å². The largest absolute Gasteiger partial charge is 0.464 e. The van der Waals surface area contributed by atoms with Gasteiger partial charge in [-0.05, 0) is 29.8 Å². The third-order valence-electron chi connectivity index (χ3n) is 1.99. The Morgan fingerprint density at radius 2 is 2.07 bits per heavy atom. The van der Waals surface area contributed by atoms with Gasteiger partial charge in [0.25, 0.3) is 0 Å². The van der Waals surface area contributed by atoms with Gasteiger partial charge in [0.1, 0.15) is 11.6 Å². The Morgan fingerprint density at radius 3 is 2.71 bits per heavy atom. The summed E-state index contributed by atoms with van der Waals surface area (Å²) in [4.78, 5) is 0. The fourth-order valence-electron chi connectivity index (χ4n) is 1.27. The molecule has 70 valence electrons.